The summed E-state index contributed by atoms with van der Waals surface area (Å²) in [5, 5.41) is 0. The fourth-order valence-corrected chi connectivity index (χ4v) is 4.28. The molecule has 1 aliphatic heterocycles. The second-order valence-corrected chi connectivity index (χ2v) is 6.80. The Balaban J connectivity index is 2.21. The lowest BCUT2D eigenvalue weighted by molar-refractivity contribution is 0.0675. The molecule has 0 bridgehead atoms. The Morgan fingerprint density at radius 1 is 1.00 bits per heavy atom. The number of hydrogen-bond donors (Lipinski definition) is 0. The Bertz CT molecular complexity index is 446. The molecule has 1 aromatic rings. The van der Waals surface area contributed by atoms with Crippen LogP contribution in [0.5, 0.6) is 0 Å². The Labute approximate surface area is 125 Å². The third kappa shape index (κ3) is 3.32. The molecular formula is C17H26O2S. The number of hydrogen-bond acceptors (Lipinski definition) is 2. The molecule has 3 heteroatoms. The van der Waals surface area contributed by atoms with Crippen LogP contribution in [0.4, 0.5) is 0 Å². The van der Waals surface area contributed by atoms with E-state index in [1.807, 2.05) is 18.2 Å². The van der Waals surface area contributed by atoms with Gasteiger partial charge in [0.15, 0.2) is 11.1 Å². The van der Waals surface area contributed by atoms with E-state index in [-0.39, 0.29) is 5.60 Å². The quantitative estimate of drug-likeness (QED) is 0.624. The minimum absolute atomic E-state index is 0.300. The summed E-state index contributed by atoms with van der Waals surface area (Å²) in [5.41, 5.74) is 0.872. The Hall–Kier alpha value is -0.670. The van der Waals surface area contributed by atoms with Crippen LogP contribution in [0.2, 0.25) is 0 Å². The molecular weight excluding hydrogens is 268 g/mol. The lowest BCUT2D eigenvalue weighted by Crippen LogP contribution is -2.25. The van der Waals surface area contributed by atoms with Crippen LogP contribution < -0.4 is 0 Å². The predicted molar refractivity (Wildman–Crippen MR) is 83.9 cm³/mol. The number of rotatable bonds is 8. The summed E-state index contributed by atoms with van der Waals surface area (Å²) in [6.07, 6.45) is 9.12. The van der Waals surface area contributed by atoms with Crippen molar-refractivity contribution < 1.29 is 8.39 Å². The third-order valence-corrected chi connectivity index (χ3v) is 5.35. The molecule has 1 aliphatic rings. The summed E-state index contributed by atoms with van der Waals surface area (Å²) in [5.74, 6) is 0. The van der Waals surface area contributed by atoms with Gasteiger partial charge in [-0.3, -0.25) is 4.18 Å². The number of benzene rings is 1. The molecule has 0 spiro atoms. The summed E-state index contributed by atoms with van der Waals surface area (Å²) in [4.78, 5) is 0.889. The molecule has 0 amide bonds. The van der Waals surface area contributed by atoms with Crippen molar-refractivity contribution in [3.05, 3.63) is 29.8 Å². The molecule has 2 nitrogen and oxygen atoms in total. The zero-order valence-corrected chi connectivity index (χ0v) is 13.5. The van der Waals surface area contributed by atoms with E-state index in [0.717, 1.165) is 30.6 Å². The monoisotopic (exact) mass is 294 g/mol. The molecule has 0 aliphatic carbocycles. The van der Waals surface area contributed by atoms with Gasteiger partial charge < -0.3 is 0 Å². The minimum atomic E-state index is -1.28. The van der Waals surface area contributed by atoms with Crippen molar-refractivity contribution in [2.75, 3.05) is 0 Å². The molecule has 1 aromatic carbocycles. The highest BCUT2D eigenvalue weighted by molar-refractivity contribution is 7.80. The van der Waals surface area contributed by atoms with Crippen LogP contribution in [0.1, 0.15) is 70.8 Å². The number of unbranched alkanes of at least 4 members (excludes halogenated alkanes) is 4. The SMILES string of the molecule is CCCCCC1(CCCCC)OS(=O)c2ccccc21. The molecule has 0 saturated heterocycles. The van der Waals surface area contributed by atoms with Crippen molar-refractivity contribution in [2.24, 2.45) is 0 Å². The first-order chi connectivity index (χ1) is 9.73. The summed E-state index contributed by atoms with van der Waals surface area (Å²) >= 11 is -1.28. The average molecular weight is 294 g/mol. The molecule has 20 heavy (non-hydrogen) atoms. The normalized spacial score (nSPS) is 20.0. The van der Waals surface area contributed by atoms with E-state index in [1.165, 1.54) is 31.2 Å². The molecule has 1 unspecified atom stereocenters. The lowest BCUT2D eigenvalue weighted by Gasteiger charge is -2.28. The van der Waals surface area contributed by atoms with E-state index in [2.05, 4.69) is 19.9 Å². The zero-order valence-electron chi connectivity index (χ0n) is 12.7. The zero-order chi connectivity index (χ0) is 14.4. The molecule has 0 fully saturated rings. The van der Waals surface area contributed by atoms with Crippen LogP contribution in [-0.4, -0.2) is 4.21 Å². The van der Waals surface area contributed by atoms with Crippen LogP contribution in [0.15, 0.2) is 29.2 Å². The van der Waals surface area contributed by atoms with Crippen molar-refractivity contribution in [3.63, 3.8) is 0 Å². The maximum Gasteiger partial charge on any atom is 0.190 e. The van der Waals surface area contributed by atoms with Gasteiger partial charge in [-0.1, -0.05) is 70.6 Å². The average Bonchev–Trinajstić information content (AvgIpc) is 2.74. The summed E-state index contributed by atoms with van der Waals surface area (Å²) in [6, 6.07) is 8.05. The van der Waals surface area contributed by atoms with Crippen LogP contribution in [0, 0.1) is 0 Å². The maximum absolute atomic E-state index is 12.2. The summed E-state index contributed by atoms with van der Waals surface area (Å²) in [7, 11) is 0. The van der Waals surface area contributed by atoms with Crippen molar-refractivity contribution in [1.82, 2.24) is 0 Å². The van der Waals surface area contributed by atoms with E-state index in [4.69, 9.17) is 4.18 Å². The first-order valence-electron chi connectivity index (χ1n) is 7.94. The lowest BCUT2D eigenvalue weighted by atomic mass is 9.84. The fraction of sp³-hybridized carbons (Fsp3) is 0.647. The summed E-state index contributed by atoms with van der Waals surface area (Å²) < 4.78 is 18.2. The van der Waals surface area contributed by atoms with Gasteiger partial charge in [-0.15, -0.1) is 0 Å². The highest BCUT2D eigenvalue weighted by Gasteiger charge is 2.43. The predicted octanol–water partition coefficient (Wildman–Crippen LogP) is 5.10. The molecule has 1 atom stereocenters. The fourth-order valence-electron chi connectivity index (χ4n) is 3.02. The van der Waals surface area contributed by atoms with Gasteiger partial charge in [0, 0.05) is 5.56 Å². The molecule has 0 saturated carbocycles. The smallest absolute Gasteiger partial charge is 0.190 e. The highest BCUT2D eigenvalue weighted by Crippen LogP contribution is 2.46. The molecule has 0 N–H and O–H groups in total. The molecule has 112 valence electrons. The Morgan fingerprint density at radius 3 is 2.20 bits per heavy atom. The highest BCUT2D eigenvalue weighted by atomic mass is 32.2. The largest absolute Gasteiger partial charge is 0.275 e. The van der Waals surface area contributed by atoms with Gasteiger partial charge >= 0.3 is 0 Å². The standard InChI is InChI=1S/C17H26O2S/c1-3-5-9-13-17(14-10-6-4-2)15-11-7-8-12-16(15)20(18)19-17/h7-8,11-12H,3-6,9-10,13-14H2,1-2H3. The van der Waals surface area contributed by atoms with Crippen molar-refractivity contribution in [2.45, 2.75) is 75.7 Å². The molecule has 1 heterocycles. The molecule has 2 rings (SSSR count). The van der Waals surface area contributed by atoms with Gasteiger partial charge in [-0.2, -0.15) is 0 Å². The maximum atomic E-state index is 12.2. The van der Waals surface area contributed by atoms with E-state index in [0.29, 0.717) is 0 Å². The Kier molecular flexibility index (Phi) is 5.79. The minimum Gasteiger partial charge on any atom is -0.275 e. The first-order valence-corrected chi connectivity index (χ1v) is 9.02. The van der Waals surface area contributed by atoms with Gasteiger partial charge in [-0.25, -0.2) is 4.21 Å². The molecule has 0 aromatic heterocycles. The van der Waals surface area contributed by atoms with E-state index in [1.54, 1.807) is 0 Å². The van der Waals surface area contributed by atoms with E-state index >= 15 is 0 Å². The van der Waals surface area contributed by atoms with Gasteiger partial charge in [0.05, 0.1) is 4.90 Å². The first kappa shape index (κ1) is 15.7. The number of fused-ring (bicyclic) bond motifs is 1. The van der Waals surface area contributed by atoms with Gasteiger partial charge in [0.1, 0.15) is 5.60 Å². The van der Waals surface area contributed by atoms with Crippen LogP contribution in [0.25, 0.3) is 0 Å². The topological polar surface area (TPSA) is 26.3 Å². The molecule has 0 radical (unpaired) electrons. The van der Waals surface area contributed by atoms with Crippen molar-refractivity contribution in [3.8, 4) is 0 Å². The van der Waals surface area contributed by atoms with Gasteiger partial charge in [0.25, 0.3) is 0 Å². The second-order valence-electron chi connectivity index (χ2n) is 5.72. The van der Waals surface area contributed by atoms with Crippen molar-refractivity contribution >= 4 is 11.1 Å². The van der Waals surface area contributed by atoms with Crippen LogP contribution in [-0.2, 0) is 20.9 Å². The van der Waals surface area contributed by atoms with Gasteiger partial charge in [-0.05, 0) is 18.9 Å². The Morgan fingerprint density at radius 2 is 1.60 bits per heavy atom. The van der Waals surface area contributed by atoms with E-state index in [9.17, 15) is 4.21 Å². The van der Waals surface area contributed by atoms with Crippen molar-refractivity contribution in [1.29, 1.82) is 0 Å². The second kappa shape index (κ2) is 7.37. The third-order valence-electron chi connectivity index (χ3n) is 4.16. The van der Waals surface area contributed by atoms with Gasteiger partial charge in [0.2, 0.25) is 0 Å². The van der Waals surface area contributed by atoms with E-state index < -0.39 is 11.1 Å². The summed E-state index contributed by atoms with van der Waals surface area (Å²) in [6.45, 7) is 4.43. The van der Waals surface area contributed by atoms with Crippen LogP contribution in [0.3, 0.4) is 0 Å². The van der Waals surface area contributed by atoms with Crippen LogP contribution >= 0.6 is 0 Å².